The van der Waals surface area contributed by atoms with E-state index >= 15 is 0 Å². The molecule has 3 rings (SSSR count). The fourth-order valence-corrected chi connectivity index (χ4v) is 3.87. The molecule has 6 nitrogen and oxygen atoms in total. The zero-order valence-electron chi connectivity index (χ0n) is 14.0. The number of hydrogen-bond donors (Lipinski definition) is 2. The van der Waals surface area contributed by atoms with E-state index in [0.29, 0.717) is 0 Å². The largest absolute Gasteiger partial charge is 0.385 e. The minimum absolute atomic E-state index is 0.117. The molecule has 128 valence electrons. The molecule has 1 saturated carbocycles. The van der Waals surface area contributed by atoms with Gasteiger partial charge in [0.25, 0.3) is 0 Å². The molecule has 1 aromatic rings. The number of piperidine rings is 1. The van der Waals surface area contributed by atoms with Gasteiger partial charge in [-0.2, -0.15) is 5.10 Å². The highest BCUT2D eigenvalue weighted by Crippen LogP contribution is 2.43. The van der Waals surface area contributed by atoms with Crippen molar-refractivity contribution in [2.24, 2.45) is 5.41 Å². The molecule has 2 heterocycles. The van der Waals surface area contributed by atoms with E-state index in [1.807, 2.05) is 16.9 Å². The van der Waals surface area contributed by atoms with Crippen molar-refractivity contribution < 1.29 is 9.53 Å². The molecule has 1 aliphatic carbocycles. The molecule has 23 heavy (non-hydrogen) atoms. The highest BCUT2D eigenvalue weighted by molar-refractivity contribution is 5.84. The van der Waals surface area contributed by atoms with Crippen LogP contribution >= 0.6 is 0 Å². The lowest BCUT2D eigenvalue weighted by molar-refractivity contribution is -0.133. The van der Waals surface area contributed by atoms with Crippen molar-refractivity contribution in [2.45, 2.75) is 44.1 Å². The van der Waals surface area contributed by atoms with Gasteiger partial charge >= 0.3 is 0 Å². The van der Waals surface area contributed by atoms with Gasteiger partial charge in [0, 0.05) is 32.7 Å². The van der Waals surface area contributed by atoms with Crippen molar-refractivity contribution in [3.05, 3.63) is 18.5 Å². The van der Waals surface area contributed by atoms with Gasteiger partial charge in [0.1, 0.15) is 5.54 Å². The van der Waals surface area contributed by atoms with Gasteiger partial charge in [-0.25, -0.2) is 0 Å². The maximum atomic E-state index is 13.0. The SMILES string of the molecule is COCCC1(CNC(=O)C2(n3cccn3)CCNCC2)CCC1. The number of hydrogen-bond acceptors (Lipinski definition) is 4. The molecule has 2 aliphatic rings. The molecule has 0 spiro atoms. The van der Waals surface area contributed by atoms with Crippen LogP contribution in [0, 0.1) is 5.41 Å². The summed E-state index contributed by atoms with van der Waals surface area (Å²) in [5.41, 5.74) is -0.301. The summed E-state index contributed by atoms with van der Waals surface area (Å²) in [5, 5.41) is 11.0. The highest BCUT2D eigenvalue weighted by atomic mass is 16.5. The normalized spacial score (nSPS) is 22.3. The molecule has 2 fully saturated rings. The van der Waals surface area contributed by atoms with E-state index < -0.39 is 5.54 Å². The summed E-state index contributed by atoms with van der Waals surface area (Å²) >= 11 is 0. The van der Waals surface area contributed by atoms with Gasteiger partial charge < -0.3 is 15.4 Å². The lowest BCUT2D eigenvalue weighted by Crippen LogP contribution is -2.56. The van der Waals surface area contributed by atoms with Crippen molar-refractivity contribution in [3.63, 3.8) is 0 Å². The minimum Gasteiger partial charge on any atom is -0.385 e. The summed E-state index contributed by atoms with van der Waals surface area (Å²) < 4.78 is 7.09. The lowest BCUT2D eigenvalue weighted by atomic mass is 9.66. The third kappa shape index (κ3) is 3.28. The first-order chi connectivity index (χ1) is 11.2. The van der Waals surface area contributed by atoms with Crippen molar-refractivity contribution in [3.8, 4) is 0 Å². The molecule has 0 aromatic carbocycles. The van der Waals surface area contributed by atoms with Crippen LogP contribution < -0.4 is 10.6 Å². The molecule has 1 aliphatic heterocycles. The predicted molar refractivity (Wildman–Crippen MR) is 88.1 cm³/mol. The Labute approximate surface area is 138 Å². The maximum absolute atomic E-state index is 13.0. The van der Waals surface area contributed by atoms with Crippen molar-refractivity contribution in [2.75, 3.05) is 33.4 Å². The van der Waals surface area contributed by atoms with Crippen LogP contribution in [0.2, 0.25) is 0 Å². The monoisotopic (exact) mass is 320 g/mol. The number of nitrogens with one attached hydrogen (secondary N) is 2. The number of nitrogens with zero attached hydrogens (tertiary/aromatic N) is 2. The molecule has 1 amide bonds. The Kier molecular flexibility index (Phi) is 5.02. The fourth-order valence-electron chi connectivity index (χ4n) is 3.87. The molecule has 0 unspecified atom stereocenters. The van der Waals surface area contributed by atoms with Gasteiger partial charge in [-0.15, -0.1) is 0 Å². The molecule has 0 radical (unpaired) electrons. The average molecular weight is 320 g/mol. The average Bonchev–Trinajstić information content (AvgIpc) is 3.09. The van der Waals surface area contributed by atoms with E-state index in [0.717, 1.165) is 45.5 Å². The Balaban J connectivity index is 1.67. The van der Waals surface area contributed by atoms with E-state index in [-0.39, 0.29) is 11.3 Å². The third-order valence-electron chi connectivity index (χ3n) is 5.67. The molecule has 0 bridgehead atoms. The number of ether oxygens (including phenoxy) is 1. The van der Waals surface area contributed by atoms with Crippen molar-refractivity contribution >= 4 is 5.91 Å². The molecule has 6 heteroatoms. The van der Waals surface area contributed by atoms with Crippen LogP contribution in [0.15, 0.2) is 18.5 Å². The van der Waals surface area contributed by atoms with Gasteiger partial charge in [0.05, 0.1) is 0 Å². The molecule has 1 saturated heterocycles. The summed E-state index contributed by atoms with van der Waals surface area (Å²) in [6.07, 6.45) is 9.89. The Hall–Kier alpha value is -1.40. The zero-order chi connectivity index (χ0) is 16.2. The topological polar surface area (TPSA) is 68.2 Å². The summed E-state index contributed by atoms with van der Waals surface area (Å²) in [7, 11) is 1.74. The minimum atomic E-state index is -0.541. The van der Waals surface area contributed by atoms with Crippen LogP contribution in [0.5, 0.6) is 0 Å². The van der Waals surface area contributed by atoms with Crippen LogP contribution in [-0.2, 0) is 15.1 Å². The first-order valence-electron chi connectivity index (χ1n) is 8.69. The van der Waals surface area contributed by atoms with Crippen LogP contribution in [0.3, 0.4) is 0 Å². The number of carbonyl (C=O) groups is 1. The second kappa shape index (κ2) is 7.01. The first kappa shape index (κ1) is 16.5. The molecular formula is C17H28N4O2. The first-order valence-corrected chi connectivity index (χ1v) is 8.69. The number of methoxy groups -OCH3 is 1. The number of aromatic nitrogens is 2. The van der Waals surface area contributed by atoms with Gasteiger partial charge in [0.15, 0.2) is 0 Å². The quantitative estimate of drug-likeness (QED) is 0.794. The summed E-state index contributed by atoms with van der Waals surface area (Å²) in [6.45, 7) is 3.22. The highest BCUT2D eigenvalue weighted by Gasteiger charge is 2.44. The van der Waals surface area contributed by atoms with Gasteiger partial charge in [-0.1, -0.05) is 6.42 Å². The second-order valence-corrected chi connectivity index (χ2v) is 7.01. The van der Waals surface area contributed by atoms with Gasteiger partial charge in [-0.05, 0) is 56.7 Å². The Morgan fingerprint density at radius 3 is 2.70 bits per heavy atom. The Morgan fingerprint density at radius 1 is 1.35 bits per heavy atom. The molecule has 0 atom stereocenters. The van der Waals surface area contributed by atoms with E-state index in [1.165, 1.54) is 19.3 Å². The fraction of sp³-hybridized carbons (Fsp3) is 0.765. The summed E-state index contributed by atoms with van der Waals surface area (Å²) in [6, 6.07) is 1.89. The van der Waals surface area contributed by atoms with E-state index in [9.17, 15) is 4.79 Å². The molecular weight excluding hydrogens is 292 g/mol. The second-order valence-electron chi connectivity index (χ2n) is 7.01. The van der Waals surface area contributed by atoms with E-state index in [4.69, 9.17) is 4.74 Å². The van der Waals surface area contributed by atoms with Gasteiger partial charge in [0.2, 0.25) is 5.91 Å². The Morgan fingerprint density at radius 2 is 2.13 bits per heavy atom. The van der Waals surface area contributed by atoms with Gasteiger partial charge in [-0.3, -0.25) is 9.48 Å². The van der Waals surface area contributed by atoms with Crippen LogP contribution in [-0.4, -0.2) is 49.0 Å². The van der Waals surface area contributed by atoms with E-state index in [1.54, 1.807) is 13.3 Å². The number of amides is 1. The lowest BCUT2D eigenvalue weighted by Gasteiger charge is -2.43. The zero-order valence-corrected chi connectivity index (χ0v) is 14.0. The molecule has 1 aromatic heterocycles. The van der Waals surface area contributed by atoms with Crippen LogP contribution in [0.1, 0.15) is 38.5 Å². The van der Waals surface area contributed by atoms with Crippen LogP contribution in [0.4, 0.5) is 0 Å². The third-order valence-corrected chi connectivity index (χ3v) is 5.67. The Bertz CT molecular complexity index is 505. The number of carbonyl (C=O) groups excluding carboxylic acids is 1. The predicted octanol–water partition coefficient (Wildman–Crippen LogP) is 1.28. The number of rotatable bonds is 7. The van der Waals surface area contributed by atoms with Crippen molar-refractivity contribution in [1.29, 1.82) is 0 Å². The van der Waals surface area contributed by atoms with E-state index in [2.05, 4.69) is 15.7 Å². The summed E-state index contributed by atoms with van der Waals surface area (Å²) in [4.78, 5) is 13.0. The maximum Gasteiger partial charge on any atom is 0.248 e. The van der Waals surface area contributed by atoms with Crippen LogP contribution in [0.25, 0.3) is 0 Å². The summed E-state index contributed by atoms with van der Waals surface area (Å²) in [5.74, 6) is 0.117. The standard InChI is InChI=1S/C17H28N4O2/c1-23-13-8-16(4-2-5-16)14-19-15(22)17(6-10-18-11-7-17)21-12-3-9-20-21/h3,9,12,18H,2,4-8,10-11,13-14H2,1H3,(H,19,22). The van der Waals surface area contributed by atoms with Crippen molar-refractivity contribution in [1.82, 2.24) is 20.4 Å². The molecule has 2 N–H and O–H groups in total. The smallest absolute Gasteiger partial charge is 0.248 e.